The van der Waals surface area contributed by atoms with E-state index in [-0.39, 0.29) is 0 Å². The second kappa shape index (κ2) is 10.1. The maximum atomic E-state index is 5.99. The summed E-state index contributed by atoms with van der Waals surface area (Å²) >= 11 is 0. The molecule has 0 aliphatic heterocycles. The van der Waals surface area contributed by atoms with Crippen molar-refractivity contribution in [2.75, 3.05) is 13.7 Å². The minimum Gasteiger partial charge on any atom is -0.494 e. The molecule has 0 aliphatic rings. The number of hydrogen-bond donors (Lipinski definition) is 1. The minimum absolute atomic E-state index is 0.452. The van der Waals surface area contributed by atoms with Gasteiger partial charge in [0.2, 0.25) is 0 Å². The molecule has 0 saturated heterocycles. The number of ether oxygens (including phenoxy) is 1. The van der Waals surface area contributed by atoms with E-state index in [0.29, 0.717) is 6.04 Å². The van der Waals surface area contributed by atoms with Crippen LogP contribution >= 0.6 is 0 Å². The van der Waals surface area contributed by atoms with Gasteiger partial charge in [-0.15, -0.1) is 0 Å². The summed E-state index contributed by atoms with van der Waals surface area (Å²) in [6.45, 7) is 5.26. The molecule has 2 aromatic rings. The Morgan fingerprint density at radius 3 is 2.50 bits per heavy atom. The number of unbranched alkanes of at least 4 members (excludes halogenated alkanes) is 3. The van der Waals surface area contributed by atoms with E-state index < -0.39 is 0 Å². The normalized spacial score (nSPS) is 12.1. The van der Waals surface area contributed by atoms with Gasteiger partial charge in [0.1, 0.15) is 5.75 Å². The van der Waals surface area contributed by atoms with Crippen LogP contribution < -0.4 is 10.1 Å². The van der Waals surface area contributed by atoms with E-state index in [1.807, 2.05) is 7.05 Å². The van der Waals surface area contributed by atoms with Gasteiger partial charge in [0.15, 0.2) is 0 Å². The maximum absolute atomic E-state index is 5.99. The molecule has 0 heterocycles. The summed E-state index contributed by atoms with van der Waals surface area (Å²) in [5, 5.41) is 3.33. The van der Waals surface area contributed by atoms with Crippen LogP contribution in [0.5, 0.6) is 5.75 Å². The molecule has 0 bridgehead atoms. The highest BCUT2D eigenvalue weighted by atomic mass is 16.5. The third kappa shape index (κ3) is 5.68. The lowest BCUT2D eigenvalue weighted by Crippen LogP contribution is -2.23. The number of rotatable bonds is 10. The highest BCUT2D eigenvalue weighted by molar-refractivity contribution is 5.69. The largest absolute Gasteiger partial charge is 0.494 e. The first kappa shape index (κ1) is 18.5. The Hall–Kier alpha value is -1.80. The molecule has 1 unspecified atom stereocenters. The Kier molecular flexibility index (Phi) is 7.84. The molecule has 2 heteroatoms. The van der Waals surface area contributed by atoms with E-state index in [9.17, 15) is 0 Å². The number of hydrogen-bond acceptors (Lipinski definition) is 2. The molecule has 0 spiro atoms. The lowest BCUT2D eigenvalue weighted by molar-refractivity contribution is 0.305. The molecule has 2 rings (SSSR count). The summed E-state index contributed by atoms with van der Waals surface area (Å²) in [6.07, 6.45) is 5.94. The van der Waals surface area contributed by atoms with Gasteiger partial charge in [-0.3, -0.25) is 0 Å². The van der Waals surface area contributed by atoms with Crippen LogP contribution in [0.15, 0.2) is 48.5 Å². The lowest BCUT2D eigenvalue weighted by Gasteiger charge is -2.16. The van der Waals surface area contributed by atoms with Crippen molar-refractivity contribution in [1.29, 1.82) is 0 Å². The Morgan fingerprint density at radius 1 is 1.00 bits per heavy atom. The quantitative estimate of drug-likeness (QED) is 0.585. The van der Waals surface area contributed by atoms with Gasteiger partial charge in [-0.25, -0.2) is 0 Å². The van der Waals surface area contributed by atoms with E-state index >= 15 is 0 Å². The van der Waals surface area contributed by atoms with Crippen LogP contribution in [0, 0.1) is 0 Å². The molecule has 24 heavy (non-hydrogen) atoms. The van der Waals surface area contributed by atoms with Gasteiger partial charge >= 0.3 is 0 Å². The molecule has 0 aliphatic carbocycles. The fourth-order valence-corrected chi connectivity index (χ4v) is 2.86. The van der Waals surface area contributed by atoms with Gasteiger partial charge < -0.3 is 10.1 Å². The van der Waals surface area contributed by atoms with Crippen molar-refractivity contribution in [2.24, 2.45) is 0 Å². The van der Waals surface area contributed by atoms with E-state index in [4.69, 9.17) is 4.74 Å². The first-order valence-electron chi connectivity index (χ1n) is 9.23. The van der Waals surface area contributed by atoms with Crippen molar-refractivity contribution < 1.29 is 4.74 Å². The highest BCUT2D eigenvalue weighted by Gasteiger charge is 2.10. The standard InChI is InChI=1S/C22H31NO/c1-4-5-6-10-15-24-21-14-13-20(16-18(2)23-3)22(17-21)19-11-8-7-9-12-19/h7-9,11-14,17-18,23H,4-6,10,15-16H2,1-3H3. The summed E-state index contributed by atoms with van der Waals surface area (Å²) < 4.78 is 5.99. The van der Waals surface area contributed by atoms with Crippen LogP contribution in [0.3, 0.4) is 0 Å². The smallest absolute Gasteiger partial charge is 0.119 e. The van der Waals surface area contributed by atoms with Crippen LogP contribution in [0.1, 0.15) is 45.1 Å². The third-order valence-electron chi connectivity index (χ3n) is 4.45. The van der Waals surface area contributed by atoms with Crippen molar-refractivity contribution in [3.63, 3.8) is 0 Å². The highest BCUT2D eigenvalue weighted by Crippen LogP contribution is 2.29. The van der Waals surface area contributed by atoms with Crippen molar-refractivity contribution in [3.8, 4) is 16.9 Å². The van der Waals surface area contributed by atoms with Gasteiger partial charge in [0.05, 0.1) is 6.61 Å². The molecule has 1 atom stereocenters. The fourth-order valence-electron chi connectivity index (χ4n) is 2.86. The van der Waals surface area contributed by atoms with Gasteiger partial charge in [0, 0.05) is 6.04 Å². The SMILES string of the molecule is CCCCCCOc1ccc(CC(C)NC)c(-c2ccccc2)c1. The second-order valence-electron chi connectivity index (χ2n) is 6.49. The Labute approximate surface area is 147 Å². The van der Waals surface area contributed by atoms with Crippen molar-refractivity contribution in [1.82, 2.24) is 5.32 Å². The summed E-state index contributed by atoms with van der Waals surface area (Å²) in [5.74, 6) is 0.978. The van der Waals surface area contributed by atoms with Gasteiger partial charge in [-0.1, -0.05) is 62.6 Å². The molecular weight excluding hydrogens is 294 g/mol. The minimum atomic E-state index is 0.452. The van der Waals surface area contributed by atoms with Crippen LogP contribution in [-0.2, 0) is 6.42 Å². The summed E-state index contributed by atoms with van der Waals surface area (Å²) in [6, 6.07) is 17.6. The van der Waals surface area contributed by atoms with Gasteiger partial charge in [0.25, 0.3) is 0 Å². The monoisotopic (exact) mass is 325 g/mol. The molecule has 0 radical (unpaired) electrons. The Morgan fingerprint density at radius 2 is 1.79 bits per heavy atom. The molecule has 1 N–H and O–H groups in total. The van der Waals surface area contributed by atoms with Crippen LogP contribution in [-0.4, -0.2) is 19.7 Å². The van der Waals surface area contributed by atoms with E-state index in [0.717, 1.165) is 25.2 Å². The molecule has 0 aromatic heterocycles. The van der Waals surface area contributed by atoms with Crippen molar-refractivity contribution in [2.45, 2.75) is 52.0 Å². The van der Waals surface area contributed by atoms with Crippen LogP contribution in [0.2, 0.25) is 0 Å². The molecule has 0 fully saturated rings. The topological polar surface area (TPSA) is 21.3 Å². The Bertz CT molecular complexity index is 594. The first-order valence-corrected chi connectivity index (χ1v) is 9.23. The first-order chi connectivity index (χ1) is 11.7. The molecule has 2 nitrogen and oxygen atoms in total. The molecular formula is C22H31NO. The average molecular weight is 325 g/mol. The van der Waals surface area contributed by atoms with Crippen molar-refractivity contribution in [3.05, 3.63) is 54.1 Å². The number of likely N-dealkylation sites (N-methyl/N-ethyl adjacent to an activating group) is 1. The van der Waals surface area contributed by atoms with Crippen LogP contribution in [0.4, 0.5) is 0 Å². The summed E-state index contributed by atoms with van der Waals surface area (Å²) in [5.41, 5.74) is 3.90. The van der Waals surface area contributed by atoms with Gasteiger partial charge in [-0.05, 0) is 55.6 Å². The molecule has 0 amide bonds. The zero-order chi connectivity index (χ0) is 17.2. The maximum Gasteiger partial charge on any atom is 0.119 e. The summed E-state index contributed by atoms with van der Waals surface area (Å²) in [4.78, 5) is 0. The molecule has 130 valence electrons. The molecule has 2 aromatic carbocycles. The van der Waals surface area contributed by atoms with E-state index in [1.54, 1.807) is 0 Å². The zero-order valence-corrected chi connectivity index (χ0v) is 15.3. The molecule has 0 saturated carbocycles. The zero-order valence-electron chi connectivity index (χ0n) is 15.3. The summed E-state index contributed by atoms with van der Waals surface area (Å²) in [7, 11) is 2.01. The van der Waals surface area contributed by atoms with Gasteiger partial charge in [-0.2, -0.15) is 0 Å². The lowest BCUT2D eigenvalue weighted by atomic mass is 9.95. The van der Waals surface area contributed by atoms with E-state index in [2.05, 4.69) is 67.7 Å². The fraction of sp³-hybridized carbons (Fsp3) is 0.455. The average Bonchev–Trinajstić information content (AvgIpc) is 2.63. The van der Waals surface area contributed by atoms with Crippen molar-refractivity contribution >= 4 is 0 Å². The number of nitrogens with one attached hydrogen (secondary N) is 1. The second-order valence-corrected chi connectivity index (χ2v) is 6.49. The Balaban J connectivity index is 2.14. The van der Waals surface area contributed by atoms with Crippen LogP contribution in [0.25, 0.3) is 11.1 Å². The predicted octanol–water partition coefficient (Wildman–Crippen LogP) is 5.46. The van der Waals surface area contributed by atoms with E-state index in [1.165, 1.54) is 36.0 Å². The third-order valence-corrected chi connectivity index (χ3v) is 4.45. The predicted molar refractivity (Wildman–Crippen MR) is 104 cm³/mol. The number of benzene rings is 2.